The summed E-state index contributed by atoms with van der Waals surface area (Å²) in [6.45, 7) is 0.684. The van der Waals surface area contributed by atoms with Crippen LogP contribution in [0, 0.1) is 0 Å². The van der Waals surface area contributed by atoms with Crippen LogP contribution in [0.15, 0.2) is 6.20 Å². The number of fused-ring (bicyclic) bond motifs is 1. The van der Waals surface area contributed by atoms with Gasteiger partial charge in [0.25, 0.3) is 5.91 Å². The monoisotopic (exact) mass is 170 g/mol. The first-order valence-corrected chi connectivity index (χ1v) is 3.81. The molecule has 1 aliphatic heterocycles. The molecular formula is C7H7ClN2O. The van der Waals surface area contributed by atoms with Crippen LogP contribution in [-0.4, -0.2) is 17.4 Å². The molecule has 0 radical (unpaired) electrons. The Morgan fingerprint density at radius 1 is 1.55 bits per heavy atom. The Morgan fingerprint density at radius 2 is 2.36 bits per heavy atom. The number of rotatable bonds is 0. The highest BCUT2D eigenvalue weighted by atomic mass is 35.5. The molecule has 2 N–H and O–H groups in total. The van der Waals surface area contributed by atoms with Crippen molar-refractivity contribution in [2.45, 2.75) is 6.42 Å². The van der Waals surface area contributed by atoms with Crippen LogP contribution in [0.3, 0.4) is 0 Å². The maximum atomic E-state index is 11.1. The molecule has 0 saturated heterocycles. The number of hydrogen-bond acceptors (Lipinski definition) is 1. The Balaban J connectivity index is 2.55. The minimum atomic E-state index is -0.0330. The molecule has 1 aliphatic rings. The first-order valence-electron chi connectivity index (χ1n) is 3.43. The number of H-pyrrole nitrogens is 1. The second kappa shape index (κ2) is 2.27. The minimum absolute atomic E-state index is 0.0330. The second-order valence-corrected chi connectivity index (χ2v) is 2.88. The molecule has 0 bridgehead atoms. The molecule has 3 nitrogen and oxygen atoms in total. The van der Waals surface area contributed by atoms with Crippen molar-refractivity contribution in [2.75, 3.05) is 6.54 Å². The first kappa shape index (κ1) is 6.73. The van der Waals surface area contributed by atoms with Gasteiger partial charge in [-0.1, -0.05) is 11.6 Å². The van der Waals surface area contributed by atoms with Crippen LogP contribution in [-0.2, 0) is 6.42 Å². The Labute approximate surface area is 68.7 Å². The molecular weight excluding hydrogens is 164 g/mol. The highest BCUT2D eigenvalue weighted by molar-refractivity contribution is 6.31. The van der Waals surface area contributed by atoms with E-state index >= 15 is 0 Å². The number of hydrogen-bond donors (Lipinski definition) is 2. The van der Waals surface area contributed by atoms with E-state index in [0.29, 0.717) is 17.3 Å². The smallest absolute Gasteiger partial charge is 0.253 e. The van der Waals surface area contributed by atoms with Gasteiger partial charge in [0.1, 0.15) is 5.15 Å². The van der Waals surface area contributed by atoms with E-state index in [4.69, 9.17) is 11.6 Å². The van der Waals surface area contributed by atoms with E-state index in [-0.39, 0.29) is 5.91 Å². The zero-order chi connectivity index (χ0) is 7.84. The fraction of sp³-hybridized carbons (Fsp3) is 0.286. The lowest BCUT2D eigenvalue weighted by molar-refractivity contribution is 0.0946. The highest BCUT2D eigenvalue weighted by Gasteiger charge is 2.19. The van der Waals surface area contributed by atoms with Crippen LogP contribution in [0.25, 0.3) is 0 Å². The van der Waals surface area contributed by atoms with Gasteiger partial charge in [-0.15, -0.1) is 0 Å². The lowest BCUT2D eigenvalue weighted by Gasteiger charge is -2.11. The number of nitrogens with one attached hydrogen (secondary N) is 2. The van der Waals surface area contributed by atoms with Gasteiger partial charge in [0.2, 0.25) is 0 Å². The van der Waals surface area contributed by atoms with E-state index in [1.807, 2.05) is 0 Å². The van der Waals surface area contributed by atoms with Crippen molar-refractivity contribution in [2.24, 2.45) is 0 Å². The van der Waals surface area contributed by atoms with Crippen molar-refractivity contribution < 1.29 is 4.79 Å². The van der Waals surface area contributed by atoms with Crippen LogP contribution in [0.2, 0.25) is 5.15 Å². The van der Waals surface area contributed by atoms with E-state index in [0.717, 1.165) is 12.0 Å². The van der Waals surface area contributed by atoms with Crippen LogP contribution < -0.4 is 5.32 Å². The van der Waals surface area contributed by atoms with Crippen molar-refractivity contribution in [3.05, 3.63) is 22.5 Å². The van der Waals surface area contributed by atoms with Gasteiger partial charge in [-0.2, -0.15) is 0 Å². The summed E-state index contributed by atoms with van der Waals surface area (Å²) in [7, 11) is 0. The summed E-state index contributed by atoms with van der Waals surface area (Å²) in [6.07, 6.45) is 2.47. The lowest BCUT2D eigenvalue weighted by atomic mass is 10.1. The maximum absolute atomic E-state index is 11.1. The molecule has 0 saturated carbocycles. The zero-order valence-corrected chi connectivity index (χ0v) is 6.53. The lowest BCUT2D eigenvalue weighted by Crippen LogP contribution is -2.30. The Kier molecular flexibility index (Phi) is 1.39. The predicted octanol–water partition coefficient (Wildman–Crippen LogP) is 0.954. The predicted molar refractivity (Wildman–Crippen MR) is 41.8 cm³/mol. The summed E-state index contributed by atoms with van der Waals surface area (Å²) in [4.78, 5) is 13.9. The Morgan fingerprint density at radius 3 is 3.09 bits per heavy atom. The molecule has 0 unspecified atom stereocenters. The van der Waals surface area contributed by atoms with Crippen molar-refractivity contribution in [1.82, 2.24) is 10.3 Å². The molecule has 11 heavy (non-hydrogen) atoms. The van der Waals surface area contributed by atoms with Gasteiger partial charge in [0.15, 0.2) is 0 Å². The summed E-state index contributed by atoms with van der Waals surface area (Å²) in [5.74, 6) is -0.0330. The number of aromatic nitrogens is 1. The van der Waals surface area contributed by atoms with E-state index in [9.17, 15) is 4.79 Å². The molecule has 4 heteroatoms. The van der Waals surface area contributed by atoms with Crippen LogP contribution in [0.1, 0.15) is 15.9 Å². The largest absolute Gasteiger partial charge is 0.352 e. The standard InChI is InChI=1S/C7H7ClN2O/c8-6-4-1-2-9-7(11)5(4)3-10-6/h3,10H,1-2H2,(H,9,11). The van der Waals surface area contributed by atoms with Crippen molar-refractivity contribution >= 4 is 17.5 Å². The highest BCUT2D eigenvalue weighted by Crippen LogP contribution is 2.21. The van der Waals surface area contributed by atoms with Gasteiger partial charge < -0.3 is 10.3 Å². The van der Waals surface area contributed by atoms with E-state index in [1.165, 1.54) is 0 Å². The summed E-state index contributed by atoms with van der Waals surface area (Å²) in [5, 5.41) is 3.33. The number of halogens is 1. The molecule has 2 rings (SSSR count). The van der Waals surface area contributed by atoms with Gasteiger partial charge >= 0.3 is 0 Å². The average Bonchev–Trinajstić information content (AvgIpc) is 2.35. The Hall–Kier alpha value is -0.960. The molecule has 58 valence electrons. The zero-order valence-electron chi connectivity index (χ0n) is 5.78. The maximum Gasteiger partial charge on any atom is 0.253 e. The normalized spacial score (nSPS) is 15.9. The fourth-order valence-corrected chi connectivity index (χ4v) is 1.52. The first-order chi connectivity index (χ1) is 5.29. The quantitative estimate of drug-likeness (QED) is 0.599. The van der Waals surface area contributed by atoms with Crippen molar-refractivity contribution in [1.29, 1.82) is 0 Å². The van der Waals surface area contributed by atoms with Gasteiger partial charge in [-0.05, 0) is 6.42 Å². The Bertz CT molecular complexity index is 305. The fourth-order valence-electron chi connectivity index (χ4n) is 1.27. The molecule has 1 aromatic heterocycles. The molecule has 1 aromatic rings. The summed E-state index contributed by atoms with van der Waals surface area (Å²) < 4.78 is 0. The minimum Gasteiger partial charge on any atom is -0.352 e. The average molecular weight is 171 g/mol. The number of carbonyl (C=O) groups excluding carboxylic acids is 1. The van der Waals surface area contributed by atoms with Crippen molar-refractivity contribution in [3.8, 4) is 0 Å². The third kappa shape index (κ3) is 0.922. The molecule has 2 heterocycles. The number of carbonyl (C=O) groups is 1. The van der Waals surface area contributed by atoms with E-state index in [1.54, 1.807) is 6.20 Å². The van der Waals surface area contributed by atoms with Gasteiger partial charge in [-0.25, -0.2) is 0 Å². The van der Waals surface area contributed by atoms with Crippen LogP contribution in [0.4, 0.5) is 0 Å². The van der Waals surface area contributed by atoms with Crippen molar-refractivity contribution in [3.63, 3.8) is 0 Å². The summed E-state index contributed by atoms with van der Waals surface area (Å²) in [6, 6.07) is 0. The van der Waals surface area contributed by atoms with Crippen LogP contribution in [0.5, 0.6) is 0 Å². The third-order valence-electron chi connectivity index (χ3n) is 1.84. The van der Waals surface area contributed by atoms with Gasteiger partial charge in [0, 0.05) is 18.3 Å². The van der Waals surface area contributed by atoms with Crippen LogP contribution >= 0.6 is 11.6 Å². The molecule has 0 aliphatic carbocycles. The third-order valence-corrected chi connectivity index (χ3v) is 2.18. The number of amides is 1. The molecule has 1 amide bonds. The topological polar surface area (TPSA) is 44.9 Å². The van der Waals surface area contributed by atoms with E-state index in [2.05, 4.69) is 10.3 Å². The second-order valence-electron chi connectivity index (χ2n) is 2.50. The molecule has 0 fully saturated rings. The molecule has 0 aromatic carbocycles. The van der Waals surface area contributed by atoms with Gasteiger partial charge in [-0.3, -0.25) is 4.79 Å². The van der Waals surface area contributed by atoms with E-state index < -0.39 is 0 Å². The SMILES string of the molecule is O=C1NCCc2c1c[nH]c2Cl. The molecule has 0 spiro atoms. The molecule has 0 atom stereocenters. The van der Waals surface area contributed by atoms with Gasteiger partial charge in [0.05, 0.1) is 5.56 Å². The summed E-state index contributed by atoms with van der Waals surface area (Å²) in [5.41, 5.74) is 1.62. The summed E-state index contributed by atoms with van der Waals surface area (Å²) >= 11 is 5.79. The number of aromatic amines is 1.